The van der Waals surface area contributed by atoms with Gasteiger partial charge in [-0.3, -0.25) is 10.1 Å². The first kappa shape index (κ1) is 12.4. The Labute approximate surface area is 94.4 Å². The summed E-state index contributed by atoms with van der Waals surface area (Å²) in [6, 6.07) is 3.30. The molecular weight excluding hydrogens is 208 g/mol. The molecule has 0 amide bonds. The van der Waals surface area contributed by atoms with Crippen molar-refractivity contribution >= 4 is 11.5 Å². The maximum atomic E-state index is 10.4. The summed E-state index contributed by atoms with van der Waals surface area (Å²) in [6.45, 7) is 2.90. The minimum Gasteiger partial charge on any atom is -0.366 e. The molecule has 6 nitrogen and oxygen atoms in total. The Morgan fingerprint density at radius 1 is 1.56 bits per heavy atom. The molecular formula is C10H16N4O2. The minimum absolute atomic E-state index is 0.00538. The molecule has 0 radical (unpaired) electrons. The highest BCUT2D eigenvalue weighted by molar-refractivity contribution is 5.40. The van der Waals surface area contributed by atoms with Crippen LogP contribution in [0.3, 0.4) is 0 Å². The van der Waals surface area contributed by atoms with E-state index in [1.165, 1.54) is 12.3 Å². The molecule has 0 spiro atoms. The van der Waals surface area contributed by atoms with Crippen LogP contribution < -0.4 is 5.32 Å². The largest absolute Gasteiger partial charge is 0.366 e. The van der Waals surface area contributed by atoms with Crippen LogP contribution in [0.5, 0.6) is 0 Å². The lowest BCUT2D eigenvalue weighted by atomic mass is 10.3. The van der Waals surface area contributed by atoms with E-state index >= 15 is 0 Å². The van der Waals surface area contributed by atoms with E-state index in [2.05, 4.69) is 15.2 Å². The van der Waals surface area contributed by atoms with Gasteiger partial charge in [0.05, 0.1) is 4.92 Å². The summed E-state index contributed by atoms with van der Waals surface area (Å²) in [6.07, 6.45) is 1.25. The normalized spacial score (nSPS) is 12.5. The van der Waals surface area contributed by atoms with E-state index in [4.69, 9.17) is 0 Å². The van der Waals surface area contributed by atoms with E-state index in [0.717, 1.165) is 6.54 Å². The van der Waals surface area contributed by atoms with Crippen LogP contribution >= 0.6 is 0 Å². The highest BCUT2D eigenvalue weighted by Crippen LogP contribution is 2.12. The molecule has 0 saturated heterocycles. The number of hydrogen-bond donors (Lipinski definition) is 1. The molecule has 6 heteroatoms. The predicted molar refractivity (Wildman–Crippen MR) is 62.5 cm³/mol. The van der Waals surface area contributed by atoms with Crippen LogP contribution in [0, 0.1) is 10.1 Å². The fourth-order valence-corrected chi connectivity index (χ4v) is 1.43. The Morgan fingerprint density at radius 2 is 2.25 bits per heavy atom. The van der Waals surface area contributed by atoms with Crippen LogP contribution in [0.2, 0.25) is 0 Å². The molecule has 1 rings (SSSR count). The van der Waals surface area contributed by atoms with Crippen molar-refractivity contribution in [2.24, 2.45) is 0 Å². The van der Waals surface area contributed by atoms with Gasteiger partial charge in [0, 0.05) is 18.7 Å². The zero-order chi connectivity index (χ0) is 12.1. The van der Waals surface area contributed by atoms with Gasteiger partial charge >= 0.3 is 0 Å². The molecule has 0 aliphatic carbocycles. The van der Waals surface area contributed by atoms with Crippen molar-refractivity contribution in [3.8, 4) is 0 Å². The number of nitrogens with zero attached hydrogens (tertiary/aromatic N) is 3. The summed E-state index contributed by atoms with van der Waals surface area (Å²) in [4.78, 5) is 16.0. The van der Waals surface area contributed by atoms with Crippen molar-refractivity contribution in [2.45, 2.75) is 13.0 Å². The summed E-state index contributed by atoms with van der Waals surface area (Å²) in [7, 11) is 3.98. The van der Waals surface area contributed by atoms with Crippen LogP contribution in [0.1, 0.15) is 6.92 Å². The zero-order valence-corrected chi connectivity index (χ0v) is 9.67. The number of rotatable bonds is 5. The first-order valence-electron chi connectivity index (χ1n) is 5.00. The van der Waals surface area contributed by atoms with Crippen LogP contribution in [0.4, 0.5) is 11.5 Å². The molecule has 1 heterocycles. The molecule has 0 saturated carbocycles. The highest BCUT2D eigenvalue weighted by Gasteiger charge is 2.07. The van der Waals surface area contributed by atoms with Gasteiger partial charge in [-0.25, -0.2) is 4.98 Å². The third kappa shape index (κ3) is 3.82. The molecule has 0 bridgehead atoms. The quantitative estimate of drug-likeness (QED) is 0.604. The Bertz CT molecular complexity index is 350. The summed E-state index contributed by atoms with van der Waals surface area (Å²) in [5, 5.41) is 13.6. The number of anilines is 1. The van der Waals surface area contributed by atoms with Gasteiger partial charge in [0.1, 0.15) is 12.0 Å². The second-order valence-corrected chi connectivity index (χ2v) is 3.97. The Kier molecular flexibility index (Phi) is 4.19. The summed E-state index contributed by atoms with van der Waals surface area (Å²) in [5.74, 6) is 0.653. The van der Waals surface area contributed by atoms with Gasteiger partial charge < -0.3 is 10.2 Å². The Hall–Kier alpha value is -1.69. The maximum Gasteiger partial charge on any atom is 0.287 e. The first-order chi connectivity index (χ1) is 7.49. The molecule has 1 atom stereocenters. The average molecular weight is 224 g/mol. The third-order valence-electron chi connectivity index (χ3n) is 1.99. The lowest BCUT2D eigenvalue weighted by Gasteiger charge is -2.18. The van der Waals surface area contributed by atoms with Gasteiger partial charge in [-0.2, -0.15) is 0 Å². The predicted octanol–water partition coefficient (Wildman–Crippen LogP) is 1.35. The molecule has 1 aromatic rings. The summed E-state index contributed by atoms with van der Waals surface area (Å²) < 4.78 is 0. The van der Waals surface area contributed by atoms with Crippen molar-refractivity contribution in [1.29, 1.82) is 0 Å². The number of nitro groups is 1. The van der Waals surface area contributed by atoms with Gasteiger partial charge in [0.25, 0.3) is 5.69 Å². The topological polar surface area (TPSA) is 71.3 Å². The Balaban J connectivity index is 2.58. The number of aromatic nitrogens is 1. The van der Waals surface area contributed by atoms with Crippen molar-refractivity contribution in [3.05, 3.63) is 28.4 Å². The molecule has 1 N–H and O–H groups in total. The van der Waals surface area contributed by atoms with E-state index in [1.807, 2.05) is 21.0 Å². The molecule has 1 unspecified atom stereocenters. The molecule has 0 aliphatic rings. The third-order valence-corrected chi connectivity index (χ3v) is 1.99. The average Bonchev–Trinajstić information content (AvgIpc) is 2.16. The Morgan fingerprint density at radius 3 is 2.69 bits per heavy atom. The molecule has 0 aromatic carbocycles. The van der Waals surface area contributed by atoms with Crippen LogP contribution in [0.25, 0.3) is 0 Å². The van der Waals surface area contributed by atoms with E-state index in [0.29, 0.717) is 5.82 Å². The molecule has 0 fully saturated rings. The summed E-state index contributed by atoms with van der Waals surface area (Å²) >= 11 is 0. The lowest BCUT2D eigenvalue weighted by Crippen LogP contribution is -2.29. The second kappa shape index (κ2) is 5.41. The number of hydrogen-bond acceptors (Lipinski definition) is 5. The zero-order valence-electron chi connectivity index (χ0n) is 9.67. The molecule has 88 valence electrons. The van der Waals surface area contributed by atoms with Gasteiger partial charge in [-0.15, -0.1) is 0 Å². The lowest BCUT2D eigenvalue weighted by molar-refractivity contribution is -0.385. The SMILES string of the molecule is CC(CN(C)C)Nc1ccc([N+](=O)[O-])cn1. The maximum absolute atomic E-state index is 10.4. The molecule has 1 aromatic heterocycles. The minimum atomic E-state index is -0.458. The van der Waals surface area contributed by atoms with Crippen molar-refractivity contribution in [2.75, 3.05) is 26.0 Å². The number of likely N-dealkylation sites (N-methyl/N-ethyl adjacent to an activating group) is 1. The van der Waals surface area contributed by atoms with Crippen LogP contribution in [-0.2, 0) is 0 Å². The fourth-order valence-electron chi connectivity index (χ4n) is 1.43. The van der Waals surface area contributed by atoms with Crippen molar-refractivity contribution < 1.29 is 4.92 Å². The van der Waals surface area contributed by atoms with Crippen LogP contribution in [-0.4, -0.2) is 41.5 Å². The first-order valence-corrected chi connectivity index (χ1v) is 5.00. The monoisotopic (exact) mass is 224 g/mol. The van der Waals surface area contributed by atoms with E-state index in [1.54, 1.807) is 6.07 Å². The standard InChI is InChI=1S/C10H16N4O2/c1-8(7-13(2)3)12-10-5-4-9(6-11-10)14(15)16/h4-6,8H,7H2,1-3H3,(H,11,12). The van der Waals surface area contributed by atoms with E-state index in [-0.39, 0.29) is 11.7 Å². The second-order valence-electron chi connectivity index (χ2n) is 3.97. The smallest absolute Gasteiger partial charge is 0.287 e. The fraction of sp³-hybridized carbons (Fsp3) is 0.500. The van der Waals surface area contributed by atoms with Gasteiger partial charge in [0.15, 0.2) is 0 Å². The van der Waals surface area contributed by atoms with Crippen LogP contribution in [0.15, 0.2) is 18.3 Å². The van der Waals surface area contributed by atoms with Crippen molar-refractivity contribution in [3.63, 3.8) is 0 Å². The van der Waals surface area contributed by atoms with Gasteiger partial charge in [-0.05, 0) is 27.1 Å². The van der Waals surface area contributed by atoms with E-state index in [9.17, 15) is 10.1 Å². The highest BCUT2D eigenvalue weighted by atomic mass is 16.6. The number of pyridine rings is 1. The van der Waals surface area contributed by atoms with Gasteiger partial charge in [0.2, 0.25) is 0 Å². The number of nitrogens with one attached hydrogen (secondary N) is 1. The molecule has 0 aliphatic heterocycles. The van der Waals surface area contributed by atoms with Crippen molar-refractivity contribution in [1.82, 2.24) is 9.88 Å². The van der Waals surface area contributed by atoms with Gasteiger partial charge in [-0.1, -0.05) is 0 Å². The summed E-state index contributed by atoms with van der Waals surface area (Å²) in [5.41, 5.74) is 0.00538. The van der Waals surface area contributed by atoms with E-state index < -0.39 is 4.92 Å². The molecule has 16 heavy (non-hydrogen) atoms.